The molecule has 0 bridgehead atoms. The Bertz CT molecular complexity index is 880. The Morgan fingerprint density at radius 3 is 2.78 bits per heavy atom. The molecule has 0 radical (unpaired) electrons. The van der Waals surface area contributed by atoms with Crippen LogP contribution in [-0.2, 0) is 6.54 Å². The first-order valence-corrected chi connectivity index (χ1v) is 8.40. The number of nitrogens with two attached hydrogens (primary N) is 1. The number of pyridine rings is 1. The highest BCUT2D eigenvalue weighted by Crippen LogP contribution is 2.33. The quantitative estimate of drug-likeness (QED) is 0.555. The molecule has 3 rings (SSSR count). The molecule has 0 saturated carbocycles. The number of anilines is 1. The highest BCUT2D eigenvalue weighted by molar-refractivity contribution is 7.99. The van der Waals surface area contributed by atoms with Gasteiger partial charge in [-0.05, 0) is 19.9 Å². The van der Waals surface area contributed by atoms with Gasteiger partial charge in [-0.1, -0.05) is 36.0 Å². The van der Waals surface area contributed by atoms with E-state index in [1.54, 1.807) is 25.6 Å². The van der Waals surface area contributed by atoms with Crippen molar-refractivity contribution in [3.8, 4) is 0 Å². The summed E-state index contributed by atoms with van der Waals surface area (Å²) >= 11 is 1.57. The number of imidazole rings is 1. The minimum absolute atomic E-state index is 0.411. The summed E-state index contributed by atoms with van der Waals surface area (Å²) in [5.74, 6) is 1.15. The molecule has 6 heteroatoms. The van der Waals surface area contributed by atoms with Gasteiger partial charge in [0.15, 0.2) is 11.0 Å². The van der Waals surface area contributed by atoms with Crippen molar-refractivity contribution in [1.82, 2.24) is 14.5 Å². The van der Waals surface area contributed by atoms with Gasteiger partial charge in [-0.15, -0.1) is 6.58 Å². The fourth-order valence-corrected chi connectivity index (χ4v) is 3.35. The van der Waals surface area contributed by atoms with Crippen molar-refractivity contribution in [2.24, 2.45) is 0 Å². The average molecular weight is 328 g/mol. The zero-order valence-corrected chi connectivity index (χ0v) is 14.1. The van der Waals surface area contributed by atoms with Crippen molar-refractivity contribution in [3.05, 3.63) is 36.9 Å². The minimum atomic E-state index is -0.865. The molecule has 0 amide bonds. The SMILES string of the molecule is C=CCSc1nc2c(N)nc3ccccc3c2n1CC(C)(C)O. The van der Waals surface area contributed by atoms with E-state index in [-0.39, 0.29) is 0 Å². The van der Waals surface area contributed by atoms with Crippen molar-refractivity contribution >= 4 is 39.5 Å². The summed E-state index contributed by atoms with van der Waals surface area (Å²) in [5.41, 5.74) is 7.68. The van der Waals surface area contributed by atoms with E-state index in [1.807, 2.05) is 34.9 Å². The molecule has 3 aromatic rings. The van der Waals surface area contributed by atoms with E-state index in [2.05, 4.69) is 16.5 Å². The Morgan fingerprint density at radius 1 is 1.35 bits per heavy atom. The molecular weight excluding hydrogens is 308 g/mol. The Labute approximate surface area is 139 Å². The molecule has 2 aromatic heterocycles. The largest absolute Gasteiger partial charge is 0.389 e. The summed E-state index contributed by atoms with van der Waals surface area (Å²) in [4.78, 5) is 9.11. The zero-order chi connectivity index (χ0) is 16.6. The number of hydrogen-bond donors (Lipinski definition) is 2. The third-order valence-electron chi connectivity index (χ3n) is 3.45. The van der Waals surface area contributed by atoms with Crippen molar-refractivity contribution in [3.63, 3.8) is 0 Å². The van der Waals surface area contributed by atoms with Crippen LogP contribution in [0.25, 0.3) is 21.9 Å². The van der Waals surface area contributed by atoms with Gasteiger partial charge in [0.05, 0.1) is 23.2 Å². The van der Waals surface area contributed by atoms with E-state index in [0.717, 1.165) is 27.3 Å². The van der Waals surface area contributed by atoms with Crippen LogP contribution < -0.4 is 5.73 Å². The number of nitrogen functional groups attached to an aromatic ring is 1. The van der Waals surface area contributed by atoms with Gasteiger partial charge in [-0.3, -0.25) is 0 Å². The van der Waals surface area contributed by atoms with Gasteiger partial charge in [0, 0.05) is 11.1 Å². The van der Waals surface area contributed by atoms with Crippen LogP contribution >= 0.6 is 11.8 Å². The maximum absolute atomic E-state index is 10.3. The number of nitrogens with zero attached hydrogens (tertiary/aromatic N) is 3. The number of thioether (sulfide) groups is 1. The first-order valence-electron chi connectivity index (χ1n) is 7.41. The topological polar surface area (TPSA) is 77.0 Å². The molecule has 1 aromatic carbocycles. The summed E-state index contributed by atoms with van der Waals surface area (Å²) in [6.07, 6.45) is 1.83. The highest BCUT2D eigenvalue weighted by Gasteiger charge is 2.22. The second-order valence-electron chi connectivity index (χ2n) is 6.10. The lowest BCUT2D eigenvalue weighted by atomic mass is 10.1. The molecule has 5 nitrogen and oxygen atoms in total. The van der Waals surface area contributed by atoms with Crippen LogP contribution in [0.5, 0.6) is 0 Å². The summed E-state index contributed by atoms with van der Waals surface area (Å²) in [5, 5.41) is 12.1. The molecular formula is C17H20N4OS. The molecule has 0 aliphatic carbocycles. The Kier molecular flexibility index (Phi) is 4.04. The number of para-hydroxylation sites is 1. The number of aliphatic hydroxyl groups is 1. The molecule has 0 atom stereocenters. The Hall–Kier alpha value is -2.05. The standard InChI is InChI=1S/C17H20N4OS/c1-4-9-23-16-20-13-14(21(16)10-17(2,3)22)11-7-5-6-8-12(11)19-15(13)18/h4-8,22H,1,9-10H2,2-3H3,(H2,18,19). The lowest BCUT2D eigenvalue weighted by Crippen LogP contribution is -2.26. The maximum atomic E-state index is 10.3. The Morgan fingerprint density at radius 2 is 2.09 bits per heavy atom. The molecule has 0 aliphatic rings. The van der Waals surface area contributed by atoms with Crippen molar-refractivity contribution in [1.29, 1.82) is 0 Å². The van der Waals surface area contributed by atoms with Crippen LogP contribution in [-0.4, -0.2) is 31.0 Å². The van der Waals surface area contributed by atoms with E-state index in [9.17, 15) is 5.11 Å². The fraction of sp³-hybridized carbons (Fsp3) is 0.294. The van der Waals surface area contributed by atoms with E-state index < -0.39 is 5.60 Å². The monoisotopic (exact) mass is 328 g/mol. The summed E-state index contributed by atoms with van der Waals surface area (Å²) in [7, 11) is 0. The number of fused-ring (bicyclic) bond motifs is 3. The first-order chi connectivity index (χ1) is 10.9. The third-order valence-corrected chi connectivity index (χ3v) is 4.42. The number of benzene rings is 1. The molecule has 0 fully saturated rings. The van der Waals surface area contributed by atoms with Crippen LogP contribution in [0.2, 0.25) is 0 Å². The summed E-state index contributed by atoms with van der Waals surface area (Å²) < 4.78 is 2.03. The molecule has 0 saturated heterocycles. The molecule has 0 spiro atoms. The van der Waals surface area contributed by atoms with Crippen LogP contribution in [0.15, 0.2) is 42.1 Å². The molecule has 0 unspecified atom stereocenters. The van der Waals surface area contributed by atoms with E-state index in [0.29, 0.717) is 17.9 Å². The van der Waals surface area contributed by atoms with Gasteiger partial charge in [0.1, 0.15) is 5.52 Å². The fourth-order valence-electron chi connectivity index (χ4n) is 2.62. The maximum Gasteiger partial charge on any atom is 0.169 e. The summed E-state index contributed by atoms with van der Waals surface area (Å²) in [6.45, 7) is 7.75. The van der Waals surface area contributed by atoms with Gasteiger partial charge in [-0.25, -0.2) is 9.97 Å². The number of rotatable bonds is 5. The lowest BCUT2D eigenvalue weighted by Gasteiger charge is -2.20. The van der Waals surface area contributed by atoms with Crippen LogP contribution in [0.4, 0.5) is 5.82 Å². The van der Waals surface area contributed by atoms with Gasteiger partial charge in [0.2, 0.25) is 0 Å². The molecule has 2 heterocycles. The van der Waals surface area contributed by atoms with E-state index >= 15 is 0 Å². The zero-order valence-electron chi connectivity index (χ0n) is 13.3. The first kappa shape index (κ1) is 15.8. The normalized spacial score (nSPS) is 12.1. The lowest BCUT2D eigenvalue weighted by molar-refractivity contribution is 0.0603. The Balaban J connectivity index is 2.34. The number of hydrogen-bond acceptors (Lipinski definition) is 5. The van der Waals surface area contributed by atoms with Crippen LogP contribution in [0.3, 0.4) is 0 Å². The highest BCUT2D eigenvalue weighted by atomic mass is 32.2. The molecule has 0 aliphatic heterocycles. The predicted octanol–water partition coefficient (Wildman–Crippen LogP) is 3.22. The van der Waals surface area contributed by atoms with Crippen LogP contribution in [0.1, 0.15) is 13.8 Å². The van der Waals surface area contributed by atoms with Gasteiger partial charge in [-0.2, -0.15) is 0 Å². The summed E-state index contributed by atoms with van der Waals surface area (Å²) in [6, 6.07) is 7.85. The number of aromatic nitrogens is 3. The van der Waals surface area contributed by atoms with E-state index in [1.165, 1.54) is 0 Å². The van der Waals surface area contributed by atoms with Crippen molar-refractivity contribution < 1.29 is 5.11 Å². The van der Waals surface area contributed by atoms with E-state index in [4.69, 9.17) is 5.73 Å². The molecule has 23 heavy (non-hydrogen) atoms. The minimum Gasteiger partial charge on any atom is -0.389 e. The van der Waals surface area contributed by atoms with Gasteiger partial charge < -0.3 is 15.4 Å². The molecule has 3 N–H and O–H groups in total. The average Bonchev–Trinajstić information content (AvgIpc) is 2.83. The van der Waals surface area contributed by atoms with Crippen molar-refractivity contribution in [2.75, 3.05) is 11.5 Å². The smallest absolute Gasteiger partial charge is 0.169 e. The molecule has 120 valence electrons. The van der Waals surface area contributed by atoms with Crippen molar-refractivity contribution in [2.45, 2.75) is 31.1 Å². The third kappa shape index (κ3) is 3.04. The van der Waals surface area contributed by atoms with Gasteiger partial charge in [0.25, 0.3) is 0 Å². The van der Waals surface area contributed by atoms with Crippen LogP contribution in [0, 0.1) is 0 Å². The predicted molar refractivity (Wildman–Crippen MR) is 96.7 cm³/mol. The van der Waals surface area contributed by atoms with Gasteiger partial charge >= 0.3 is 0 Å². The second kappa shape index (κ2) is 5.86. The second-order valence-corrected chi connectivity index (χ2v) is 7.09.